The average molecular weight is 183 g/mol. The van der Waals surface area contributed by atoms with Crippen molar-refractivity contribution >= 4 is 0 Å². The van der Waals surface area contributed by atoms with Crippen LogP contribution in [0.25, 0.3) is 0 Å². The first-order valence-electron chi connectivity index (χ1n) is 4.55. The minimum Gasteiger partial charge on any atom is -0.326 e. The Kier molecular flexibility index (Phi) is 2.93. The summed E-state index contributed by atoms with van der Waals surface area (Å²) in [5, 5.41) is 0. The monoisotopic (exact) mass is 183 g/mol. The van der Waals surface area contributed by atoms with Crippen LogP contribution < -0.4 is 11.4 Å². The summed E-state index contributed by atoms with van der Waals surface area (Å²) < 4.78 is 3.34. The van der Waals surface area contributed by atoms with Crippen molar-refractivity contribution in [3.8, 4) is 0 Å². The minimum atomic E-state index is 0.0145. The van der Waals surface area contributed by atoms with Gasteiger partial charge < -0.3 is 5.73 Å². The Labute approximate surface area is 78.0 Å². The van der Waals surface area contributed by atoms with Gasteiger partial charge in [-0.3, -0.25) is 9.13 Å². The number of rotatable bonds is 3. The van der Waals surface area contributed by atoms with Gasteiger partial charge in [0.15, 0.2) is 0 Å². The fourth-order valence-corrected chi connectivity index (χ4v) is 1.27. The van der Waals surface area contributed by atoms with E-state index < -0.39 is 0 Å². The first-order chi connectivity index (χ1) is 6.02. The second kappa shape index (κ2) is 3.79. The Morgan fingerprint density at radius 2 is 2.00 bits per heavy atom. The van der Waals surface area contributed by atoms with Gasteiger partial charge in [-0.05, 0) is 20.8 Å². The third-order valence-electron chi connectivity index (χ3n) is 1.91. The molecule has 1 aromatic rings. The molecule has 0 spiro atoms. The topological polar surface area (TPSA) is 52.9 Å². The third-order valence-corrected chi connectivity index (χ3v) is 1.91. The maximum absolute atomic E-state index is 11.6. The highest BCUT2D eigenvalue weighted by molar-refractivity contribution is 4.84. The highest BCUT2D eigenvalue weighted by Crippen LogP contribution is 1.99. The van der Waals surface area contributed by atoms with Crippen molar-refractivity contribution in [2.24, 2.45) is 5.73 Å². The number of aromatic nitrogens is 2. The summed E-state index contributed by atoms with van der Waals surface area (Å²) in [6, 6.07) is 0.225. The molecule has 74 valence electrons. The van der Waals surface area contributed by atoms with Gasteiger partial charge in [0.25, 0.3) is 0 Å². The van der Waals surface area contributed by atoms with Crippen LogP contribution in [0.2, 0.25) is 0 Å². The van der Waals surface area contributed by atoms with Crippen molar-refractivity contribution in [1.82, 2.24) is 9.13 Å². The lowest BCUT2D eigenvalue weighted by molar-refractivity contribution is 0.526. The molecule has 1 rings (SSSR count). The maximum Gasteiger partial charge on any atom is 0.328 e. The molecule has 1 heterocycles. The van der Waals surface area contributed by atoms with Gasteiger partial charge in [0.05, 0.1) is 0 Å². The molecule has 0 saturated heterocycles. The summed E-state index contributed by atoms with van der Waals surface area (Å²) >= 11 is 0. The first-order valence-corrected chi connectivity index (χ1v) is 4.55. The van der Waals surface area contributed by atoms with Crippen LogP contribution >= 0.6 is 0 Å². The molecule has 0 aliphatic heterocycles. The first kappa shape index (κ1) is 10.1. The van der Waals surface area contributed by atoms with Crippen LogP contribution in [0.3, 0.4) is 0 Å². The van der Waals surface area contributed by atoms with Gasteiger partial charge in [-0.1, -0.05) is 0 Å². The van der Waals surface area contributed by atoms with Crippen LogP contribution in [0.15, 0.2) is 17.2 Å². The predicted molar refractivity (Wildman–Crippen MR) is 52.7 cm³/mol. The number of imidazole rings is 1. The molecule has 0 aromatic carbocycles. The van der Waals surface area contributed by atoms with Crippen molar-refractivity contribution < 1.29 is 0 Å². The SMILES string of the molecule is CC(C)n1ccn(C[C@@H](C)N)c1=O. The van der Waals surface area contributed by atoms with Crippen molar-refractivity contribution in [2.45, 2.75) is 39.4 Å². The number of hydrogen-bond acceptors (Lipinski definition) is 2. The number of nitrogens with two attached hydrogens (primary N) is 1. The molecule has 0 aliphatic rings. The highest BCUT2D eigenvalue weighted by atomic mass is 16.1. The zero-order chi connectivity index (χ0) is 10.0. The van der Waals surface area contributed by atoms with E-state index in [0.717, 1.165) is 0 Å². The largest absolute Gasteiger partial charge is 0.328 e. The Morgan fingerprint density at radius 1 is 1.38 bits per heavy atom. The van der Waals surface area contributed by atoms with E-state index in [-0.39, 0.29) is 17.8 Å². The van der Waals surface area contributed by atoms with Gasteiger partial charge in [0, 0.05) is 31.0 Å². The van der Waals surface area contributed by atoms with Gasteiger partial charge in [-0.25, -0.2) is 4.79 Å². The molecule has 2 N–H and O–H groups in total. The molecule has 1 aromatic heterocycles. The van der Waals surface area contributed by atoms with E-state index in [0.29, 0.717) is 6.54 Å². The summed E-state index contributed by atoms with van der Waals surface area (Å²) in [5.41, 5.74) is 5.63. The molecule has 4 nitrogen and oxygen atoms in total. The average Bonchev–Trinajstić information content (AvgIpc) is 2.32. The molecule has 0 unspecified atom stereocenters. The second-order valence-corrected chi connectivity index (χ2v) is 3.71. The van der Waals surface area contributed by atoms with E-state index >= 15 is 0 Å². The fraction of sp³-hybridized carbons (Fsp3) is 0.667. The van der Waals surface area contributed by atoms with E-state index in [4.69, 9.17) is 5.73 Å². The smallest absolute Gasteiger partial charge is 0.326 e. The van der Waals surface area contributed by atoms with Crippen LogP contribution in [-0.4, -0.2) is 15.2 Å². The van der Waals surface area contributed by atoms with Gasteiger partial charge in [0.1, 0.15) is 0 Å². The Balaban J connectivity index is 2.94. The van der Waals surface area contributed by atoms with Crippen LogP contribution in [0.4, 0.5) is 0 Å². The van der Waals surface area contributed by atoms with Crippen molar-refractivity contribution in [1.29, 1.82) is 0 Å². The molecular weight excluding hydrogens is 166 g/mol. The highest BCUT2D eigenvalue weighted by Gasteiger charge is 2.06. The van der Waals surface area contributed by atoms with E-state index in [1.165, 1.54) is 0 Å². The fourth-order valence-electron chi connectivity index (χ4n) is 1.27. The van der Waals surface area contributed by atoms with Crippen molar-refractivity contribution in [3.63, 3.8) is 0 Å². The van der Waals surface area contributed by atoms with Crippen molar-refractivity contribution in [2.75, 3.05) is 0 Å². The standard InChI is InChI=1S/C9H17N3O/c1-7(2)12-5-4-11(9(12)13)6-8(3)10/h4-5,7-8H,6,10H2,1-3H3/t8-/m1/s1. The molecule has 0 saturated carbocycles. The lowest BCUT2D eigenvalue weighted by atomic mass is 10.4. The number of hydrogen-bond donors (Lipinski definition) is 1. The second-order valence-electron chi connectivity index (χ2n) is 3.71. The Morgan fingerprint density at radius 3 is 2.38 bits per heavy atom. The zero-order valence-electron chi connectivity index (χ0n) is 8.40. The van der Waals surface area contributed by atoms with E-state index in [1.54, 1.807) is 21.5 Å². The summed E-state index contributed by atoms with van der Waals surface area (Å²) in [6.45, 7) is 6.44. The maximum atomic E-state index is 11.6. The van der Waals surface area contributed by atoms with Crippen LogP contribution in [0, 0.1) is 0 Å². The molecule has 0 amide bonds. The van der Waals surface area contributed by atoms with E-state index in [1.807, 2.05) is 20.8 Å². The normalized spacial score (nSPS) is 13.6. The molecule has 4 heteroatoms. The van der Waals surface area contributed by atoms with Crippen LogP contribution in [0.1, 0.15) is 26.8 Å². The molecule has 0 fully saturated rings. The van der Waals surface area contributed by atoms with Crippen molar-refractivity contribution in [3.05, 3.63) is 22.9 Å². The van der Waals surface area contributed by atoms with E-state index in [2.05, 4.69) is 0 Å². The van der Waals surface area contributed by atoms with E-state index in [9.17, 15) is 4.79 Å². The molecular formula is C9H17N3O. The van der Waals surface area contributed by atoms with Gasteiger partial charge in [0.2, 0.25) is 0 Å². The summed E-state index contributed by atoms with van der Waals surface area (Å²) in [4.78, 5) is 11.6. The third kappa shape index (κ3) is 2.21. The molecule has 13 heavy (non-hydrogen) atoms. The Bertz CT molecular complexity index is 322. The quantitative estimate of drug-likeness (QED) is 0.745. The molecule has 0 radical (unpaired) electrons. The summed E-state index contributed by atoms with van der Waals surface area (Å²) in [5.74, 6) is 0. The lowest BCUT2D eigenvalue weighted by Gasteiger charge is -2.06. The molecule has 1 atom stereocenters. The number of nitrogens with zero attached hydrogens (tertiary/aromatic N) is 2. The zero-order valence-corrected chi connectivity index (χ0v) is 8.40. The summed E-state index contributed by atoms with van der Waals surface area (Å²) in [7, 11) is 0. The van der Waals surface area contributed by atoms with Gasteiger partial charge in [-0.2, -0.15) is 0 Å². The minimum absolute atomic E-state index is 0.0145. The van der Waals surface area contributed by atoms with Gasteiger partial charge >= 0.3 is 5.69 Å². The predicted octanol–water partition coefficient (Wildman–Crippen LogP) is 0.578. The van der Waals surface area contributed by atoms with Crippen LogP contribution in [0.5, 0.6) is 0 Å². The Hall–Kier alpha value is -1.03. The molecule has 0 bridgehead atoms. The van der Waals surface area contributed by atoms with Crippen LogP contribution in [-0.2, 0) is 6.54 Å². The lowest BCUT2D eigenvalue weighted by Crippen LogP contribution is -2.31. The summed E-state index contributed by atoms with van der Waals surface area (Å²) in [6.07, 6.45) is 3.58. The van der Waals surface area contributed by atoms with Gasteiger partial charge in [-0.15, -0.1) is 0 Å². The molecule has 0 aliphatic carbocycles.